The van der Waals surface area contributed by atoms with Crippen LogP contribution in [0.1, 0.15) is 37.3 Å². The number of rotatable bonds is 8. The standard InChI is InChI=1S/C30H24N2O9/c33-23-16-17-32(30(37)31-23)26-25(41-29(36)21-14-8-3-9-15-21)24(40-28(35)20-12-6-2-7-13-20)22(39-26)18-38-27(34)19-10-4-1-5-11-19/h1-17,22,24-26H,18H2,(H,31,33,37)/t22-,24?,25+,26-/m1/s1. The quantitative estimate of drug-likeness (QED) is 0.256. The van der Waals surface area contributed by atoms with E-state index in [9.17, 15) is 24.0 Å². The van der Waals surface area contributed by atoms with Crippen molar-refractivity contribution in [3.8, 4) is 0 Å². The van der Waals surface area contributed by atoms with Gasteiger partial charge in [0.2, 0.25) is 0 Å². The number of ether oxygens (including phenoxy) is 4. The van der Waals surface area contributed by atoms with Gasteiger partial charge in [0.15, 0.2) is 18.4 Å². The minimum Gasteiger partial charge on any atom is -0.459 e. The molecule has 0 aliphatic carbocycles. The van der Waals surface area contributed by atoms with Crippen molar-refractivity contribution in [3.05, 3.63) is 141 Å². The van der Waals surface area contributed by atoms with Crippen LogP contribution in [0.15, 0.2) is 113 Å². The summed E-state index contributed by atoms with van der Waals surface area (Å²) < 4.78 is 24.1. The van der Waals surface area contributed by atoms with Crippen LogP contribution in [-0.2, 0) is 18.9 Å². The summed E-state index contributed by atoms with van der Waals surface area (Å²) in [6, 6.07) is 25.5. The molecule has 41 heavy (non-hydrogen) atoms. The number of hydrogen-bond acceptors (Lipinski definition) is 9. The fourth-order valence-corrected chi connectivity index (χ4v) is 4.31. The molecule has 11 heteroatoms. The Hall–Kier alpha value is -5.29. The van der Waals surface area contributed by atoms with Gasteiger partial charge in [-0.05, 0) is 36.4 Å². The number of nitrogens with zero attached hydrogens (tertiary/aromatic N) is 1. The van der Waals surface area contributed by atoms with Crippen LogP contribution in [0.3, 0.4) is 0 Å². The van der Waals surface area contributed by atoms with E-state index in [-0.39, 0.29) is 16.7 Å². The van der Waals surface area contributed by atoms with E-state index in [0.29, 0.717) is 0 Å². The molecule has 5 rings (SSSR count). The van der Waals surface area contributed by atoms with Gasteiger partial charge in [0.05, 0.1) is 16.7 Å². The Morgan fingerprint density at radius 2 is 1.17 bits per heavy atom. The van der Waals surface area contributed by atoms with Crippen LogP contribution in [0, 0.1) is 0 Å². The number of H-pyrrole nitrogens is 1. The first-order valence-electron chi connectivity index (χ1n) is 12.6. The summed E-state index contributed by atoms with van der Waals surface area (Å²) in [6.07, 6.45) is -4.03. The summed E-state index contributed by atoms with van der Waals surface area (Å²) in [7, 11) is 0. The molecule has 1 aromatic heterocycles. The summed E-state index contributed by atoms with van der Waals surface area (Å²) in [5.41, 5.74) is -0.804. The van der Waals surface area contributed by atoms with E-state index < -0.39 is 60.3 Å². The maximum Gasteiger partial charge on any atom is 0.338 e. The molecule has 2 heterocycles. The van der Waals surface area contributed by atoms with Crippen LogP contribution in [0.25, 0.3) is 0 Å². The molecule has 11 nitrogen and oxygen atoms in total. The highest BCUT2D eigenvalue weighted by Gasteiger charge is 2.51. The number of nitrogens with one attached hydrogen (secondary N) is 1. The lowest BCUT2D eigenvalue weighted by molar-refractivity contribution is -0.0640. The van der Waals surface area contributed by atoms with Crippen LogP contribution < -0.4 is 11.2 Å². The van der Waals surface area contributed by atoms with Gasteiger partial charge in [-0.3, -0.25) is 14.3 Å². The summed E-state index contributed by atoms with van der Waals surface area (Å²) in [6.45, 7) is -0.408. The molecule has 0 bridgehead atoms. The normalized spacial score (nSPS) is 19.7. The van der Waals surface area contributed by atoms with Crippen molar-refractivity contribution in [2.24, 2.45) is 0 Å². The molecular formula is C30H24N2O9. The fourth-order valence-electron chi connectivity index (χ4n) is 4.31. The minimum absolute atomic E-state index is 0.201. The lowest BCUT2D eigenvalue weighted by Crippen LogP contribution is -2.43. The monoisotopic (exact) mass is 556 g/mol. The summed E-state index contributed by atoms with van der Waals surface area (Å²) >= 11 is 0. The Bertz CT molecular complexity index is 1640. The van der Waals surface area contributed by atoms with Crippen LogP contribution in [0.2, 0.25) is 0 Å². The van der Waals surface area contributed by atoms with Crippen molar-refractivity contribution in [1.29, 1.82) is 0 Å². The molecule has 4 atom stereocenters. The molecule has 1 aliphatic rings. The predicted molar refractivity (Wildman–Crippen MR) is 143 cm³/mol. The number of carbonyl (C=O) groups excluding carboxylic acids is 3. The molecule has 1 unspecified atom stereocenters. The van der Waals surface area contributed by atoms with Crippen LogP contribution >= 0.6 is 0 Å². The Balaban J connectivity index is 1.50. The molecule has 3 aromatic carbocycles. The minimum atomic E-state index is -1.38. The van der Waals surface area contributed by atoms with Crippen molar-refractivity contribution in [1.82, 2.24) is 9.55 Å². The first-order valence-corrected chi connectivity index (χ1v) is 12.6. The van der Waals surface area contributed by atoms with Crippen LogP contribution in [0.4, 0.5) is 0 Å². The Morgan fingerprint density at radius 1 is 0.683 bits per heavy atom. The number of esters is 3. The van der Waals surface area contributed by atoms with E-state index in [0.717, 1.165) is 10.6 Å². The first kappa shape index (κ1) is 27.3. The first-order chi connectivity index (χ1) is 19.9. The van der Waals surface area contributed by atoms with Gasteiger partial charge in [0.25, 0.3) is 5.56 Å². The number of aromatic nitrogens is 2. The van der Waals surface area contributed by atoms with Gasteiger partial charge in [-0.15, -0.1) is 0 Å². The average molecular weight is 557 g/mol. The molecule has 1 aliphatic heterocycles. The SMILES string of the molecule is O=C(OC[C@H]1O[C@@H](n2ccc(=O)[nH]c2=O)[C@@H](OC(=O)c2ccccc2)C1OC(=O)c1ccccc1)c1ccccc1. The topological polar surface area (TPSA) is 143 Å². The molecule has 208 valence electrons. The average Bonchev–Trinajstić information content (AvgIpc) is 3.33. The highest BCUT2D eigenvalue weighted by atomic mass is 16.7. The largest absolute Gasteiger partial charge is 0.459 e. The molecule has 0 amide bonds. The second-order valence-electron chi connectivity index (χ2n) is 9.02. The number of aromatic amines is 1. The van der Waals surface area contributed by atoms with E-state index in [2.05, 4.69) is 4.98 Å². The third kappa shape index (κ3) is 6.31. The van der Waals surface area contributed by atoms with Crippen molar-refractivity contribution in [2.45, 2.75) is 24.5 Å². The molecular weight excluding hydrogens is 532 g/mol. The zero-order valence-corrected chi connectivity index (χ0v) is 21.5. The summed E-state index contributed by atoms with van der Waals surface area (Å²) in [5.74, 6) is -2.19. The third-order valence-electron chi connectivity index (χ3n) is 6.30. The summed E-state index contributed by atoms with van der Waals surface area (Å²) in [5, 5.41) is 0. The van der Waals surface area contributed by atoms with E-state index in [1.807, 2.05) is 0 Å². The van der Waals surface area contributed by atoms with Crippen LogP contribution in [-0.4, -0.2) is 52.4 Å². The molecule has 0 spiro atoms. The van der Waals surface area contributed by atoms with Crippen molar-refractivity contribution < 1.29 is 33.3 Å². The van der Waals surface area contributed by atoms with E-state index >= 15 is 0 Å². The Labute approximate surface area is 232 Å². The lowest BCUT2D eigenvalue weighted by atomic mass is 10.1. The maximum absolute atomic E-state index is 13.1. The van der Waals surface area contributed by atoms with Gasteiger partial charge in [0.1, 0.15) is 12.7 Å². The van der Waals surface area contributed by atoms with E-state index in [1.54, 1.807) is 66.7 Å². The van der Waals surface area contributed by atoms with E-state index in [1.165, 1.54) is 30.5 Å². The smallest absolute Gasteiger partial charge is 0.338 e. The van der Waals surface area contributed by atoms with Gasteiger partial charge in [0, 0.05) is 12.3 Å². The van der Waals surface area contributed by atoms with Gasteiger partial charge in [-0.25, -0.2) is 19.2 Å². The molecule has 4 aromatic rings. The van der Waals surface area contributed by atoms with Crippen molar-refractivity contribution in [2.75, 3.05) is 6.61 Å². The van der Waals surface area contributed by atoms with E-state index in [4.69, 9.17) is 18.9 Å². The third-order valence-corrected chi connectivity index (χ3v) is 6.30. The molecule has 0 saturated carbocycles. The predicted octanol–water partition coefficient (Wildman–Crippen LogP) is 2.74. The second kappa shape index (κ2) is 12.3. The zero-order chi connectivity index (χ0) is 28.8. The highest BCUT2D eigenvalue weighted by Crippen LogP contribution is 2.34. The van der Waals surface area contributed by atoms with Crippen molar-refractivity contribution in [3.63, 3.8) is 0 Å². The highest BCUT2D eigenvalue weighted by molar-refractivity contribution is 5.91. The Morgan fingerprint density at radius 3 is 1.68 bits per heavy atom. The number of hydrogen-bond donors (Lipinski definition) is 1. The Kier molecular flexibility index (Phi) is 8.16. The second-order valence-corrected chi connectivity index (χ2v) is 9.02. The zero-order valence-electron chi connectivity index (χ0n) is 21.5. The van der Waals surface area contributed by atoms with Crippen molar-refractivity contribution >= 4 is 17.9 Å². The molecule has 0 radical (unpaired) electrons. The molecule has 1 saturated heterocycles. The number of benzene rings is 3. The lowest BCUT2D eigenvalue weighted by Gasteiger charge is -2.25. The van der Waals surface area contributed by atoms with Gasteiger partial charge >= 0.3 is 23.6 Å². The van der Waals surface area contributed by atoms with Gasteiger partial charge in [-0.1, -0.05) is 54.6 Å². The van der Waals surface area contributed by atoms with Gasteiger partial charge < -0.3 is 18.9 Å². The maximum atomic E-state index is 13.1. The summed E-state index contributed by atoms with van der Waals surface area (Å²) in [4.78, 5) is 65.5. The molecule has 1 fully saturated rings. The van der Waals surface area contributed by atoms with Gasteiger partial charge in [-0.2, -0.15) is 0 Å². The number of carbonyl (C=O) groups is 3. The van der Waals surface area contributed by atoms with Crippen LogP contribution in [0.5, 0.6) is 0 Å². The fraction of sp³-hybridized carbons (Fsp3) is 0.167. The molecule has 1 N–H and O–H groups in total.